The molecule has 1 unspecified atom stereocenters. The average Bonchev–Trinajstić information content (AvgIpc) is 2.45. The van der Waals surface area contributed by atoms with Gasteiger partial charge in [-0.15, -0.1) is 0 Å². The highest BCUT2D eigenvalue weighted by Crippen LogP contribution is 2.27. The molecule has 0 spiro atoms. The van der Waals surface area contributed by atoms with Crippen LogP contribution in [0.2, 0.25) is 0 Å². The first-order valence-electron chi connectivity index (χ1n) is 6.74. The Balaban J connectivity index is 1.95. The van der Waals surface area contributed by atoms with Crippen molar-refractivity contribution in [2.24, 2.45) is 0 Å². The van der Waals surface area contributed by atoms with Gasteiger partial charge in [0.1, 0.15) is 11.6 Å². The Hall–Kier alpha value is -2.26. The molecule has 0 aliphatic carbocycles. The van der Waals surface area contributed by atoms with Gasteiger partial charge in [-0.25, -0.2) is 8.78 Å². The number of hydrogen-bond donors (Lipinski definition) is 1. The number of fused-ring (bicyclic) bond motifs is 1. The van der Waals surface area contributed by atoms with Gasteiger partial charge in [0, 0.05) is 12.5 Å². The monoisotopic (exact) mass is 284 g/mol. The van der Waals surface area contributed by atoms with Gasteiger partial charge in [0.2, 0.25) is 0 Å². The van der Waals surface area contributed by atoms with Crippen LogP contribution in [0.5, 0.6) is 0 Å². The lowest BCUT2D eigenvalue weighted by Gasteiger charge is -2.14. The number of halogens is 2. The number of benzene rings is 3. The van der Waals surface area contributed by atoms with E-state index in [1.807, 2.05) is 42.5 Å². The molecule has 1 nitrogen and oxygen atoms in total. The lowest BCUT2D eigenvalue weighted by atomic mass is 9.96. The molecule has 0 saturated carbocycles. The first-order valence-corrected chi connectivity index (χ1v) is 6.74. The van der Waals surface area contributed by atoms with E-state index in [0.29, 0.717) is 5.56 Å². The number of rotatable bonds is 3. The van der Waals surface area contributed by atoms with E-state index in [-0.39, 0.29) is 6.42 Å². The molecule has 0 amide bonds. The highest BCUT2D eigenvalue weighted by atomic mass is 19.1. The predicted molar refractivity (Wildman–Crippen MR) is 79.0 cm³/mol. The van der Waals surface area contributed by atoms with Crippen molar-refractivity contribution in [3.63, 3.8) is 0 Å². The molecule has 0 aromatic heterocycles. The zero-order valence-electron chi connectivity index (χ0n) is 11.3. The van der Waals surface area contributed by atoms with Crippen LogP contribution >= 0.6 is 0 Å². The van der Waals surface area contributed by atoms with Gasteiger partial charge in [0.15, 0.2) is 0 Å². The Morgan fingerprint density at radius 3 is 2.29 bits per heavy atom. The molecule has 3 rings (SSSR count). The average molecular weight is 284 g/mol. The first kappa shape index (κ1) is 13.7. The zero-order valence-corrected chi connectivity index (χ0v) is 11.3. The fraction of sp³-hybridized carbons (Fsp3) is 0.111. The molecule has 3 aromatic carbocycles. The van der Waals surface area contributed by atoms with Crippen molar-refractivity contribution >= 4 is 10.8 Å². The van der Waals surface area contributed by atoms with E-state index < -0.39 is 17.7 Å². The molecule has 0 radical (unpaired) electrons. The van der Waals surface area contributed by atoms with Gasteiger partial charge >= 0.3 is 0 Å². The van der Waals surface area contributed by atoms with Crippen molar-refractivity contribution in [1.82, 2.24) is 0 Å². The SMILES string of the molecule is OC(Cc1cc(F)cc(F)c1)c1cccc2ccccc12. The molecule has 106 valence electrons. The minimum atomic E-state index is -0.808. The summed E-state index contributed by atoms with van der Waals surface area (Å²) < 4.78 is 26.4. The quantitative estimate of drug-likeness (QED) is 0.756. The van der Waals surface area contributed by atoms with E-state index in [4.69, 9.17) is 0 Å². The predicted octanol–water partition coefficient (Wildman–Crippen LogP) is 4.39. The van der Waals surface area contributed by atoms with E-state index >= 15 is 0 Å². The van der Waals surface area contributed by atoms with E-state index in [2.05, 4.69) is 0 Å². The summed E-state index contributed by atoms with van der Waals surface area (Å²) >= 11 is 0. The van der Waals surface area contributed by atoms with Gasteiger partial charge in [-0.05, 0) is 34.0 Å². The summed E-state index contributed by atoms with van der Waals surface area (Å²) in [6.45, 7) is 0. The van der Waals surface area contributed by atoms with Gasteiger partial charge in [-0.2, -0.15) is 0 Å². The Labute approximate surface area is 121 Å². The van der Waals surface area contributed by atoms with Crippen LogP contribution in [0.1, 0.15) is 17.2 Å². The van der Waals surface area contributed by atoms with Crippen LogP contribution in [-0.2, 0) is 6.42 Å². The van der Waals surface area contributed by atoms with Crippen LogP contribution in [0.4, 0.5) is 8.78 Å². The van der Waals surface area contributed by atoms with Crippen molar-refractivity contribution in [2.45, 2.75) is 12.5 Å². The highest BCUT2D eigenvalue weighted by molar-refractivity contribution is 5.85. The lowest BCUT2D eigenvalue weighted by Crippen LogP contribution is -2.03. The lowest BCUT2D eigenvalue weighted by molar-refractivity contribution is 0.180. The van der Waals surface area contributed by atoms with Gasteiger partial charge in [-0.3, -0.25) is 0 Å². The van der Waals surface area contributed by atoms with Gasteiger partial charge in [0.05, 0.1) is 6.10 Å². The fourth-order valence-electron chi connectivity index (χ4n) is 2.60. The van der Waals surface area contributed by atoms with E-state index in [0.717, 1.165) is 22.4 Å². The molecule has 0 bridgehead atoms. The van der Waals surface area contributed by atoms with E-state index in [9.17, 15) is 13.9 Å². The van der Waals surface area contributed by atoms with Crippen molar-refractivity contribution in [1.29, 1.82) is 0 Å². The maximum Gasteiger partial charge on any atom is 0.126 e. The molecule has 3 aromatic rings. The minimum Gasteiger partial charge on any atom is -0.388 e. The summed E-state index contributed by atoms with van der Waals surface area (Å²) in [5, 5.41) is 12.4. The third kappa shape index (κ3) is 2.93. The van der Waals surface area contributed by atoms with Crippen molar-refractivity contribution in [3.8, 4) is 0 Å². The normalized spacial score (nSPS) is 12.5. The summed E-state index contributed by atoms with van der Waals surface area (Å²) in [5.74, 6) is -1.26. The number of aliphatic hydroxyl groups excluding tert-OH is 1. The van der Waals surface area contributed by atoms with E-state index in [1.165, 1.54) is 12.1 Å². The molecule has 0 fully saturated rings. The molecule has 0 aliphatic rings. The third-order valence-electron chi connectivity index (χ3n) is 3.53. The van der Waals surface area contributed by atoms with Crippen LogP contribution in [0.15, 0.2) is 60.7 Å². The number of hydrogen-bond acceptors (Lipinski definition) is 1. The molecular weight excluding hydrogens is 270 g/mol. The standard InChI is InChI=1S/C18H14F2O/c19-14-8-12(9-15(20)11-14)10-18(21)17-7-3-5-13-4-1-2-6-16(13)17/h1-9,11,18,21H,10H2. The topological polar surface area (TPSA) is 20.2 Å². The third-order valence-corrected chi connectivity index (χ3v) is 3.53. The highest BCUT2D eigenvalue weighted by Gasteiger charge is 2.13. The van der Waals surface area contributed by atoms with Crippen LogP contribution in [0.25, 0.3) is 10.8 Å². The summed E-state index contributed by atoms with van der Waals surface area (Å²) in [4.78, 5) is 0. The van der Waals surface area contributed by atoms with Crippen LogP contribution in [0.3, 0.4) is 0 Å². The maximum absolute atomic E-state index is 13.2. The maximum atomic E-state index is 13.2. The molecule has 0 heterocycles. The molecule has 0 saturated heterocycles. The molecule has 21 heavy (non-hydrogen) atoms. The van der Waals surface area contributed by atoms with Crippen molar-refractivity contribution < 1.29 is 13.9 Å². The van der Waals surface area contributed by atoms with Crippen molar-refractivity contribution in [2.75, 3.05) is 0 Å². The smallest absolute Gasteiger partial charge is 0.126 e. The van der Waals surface area contributed by atoms with Gasteiger partial charge < -0.3 is 5.11 Å². The Bertz CT molecular complexity index is 758. The van der Waals surface area contributed by atoms with Crippen LogP contribution < -0.4 is 0 Å². The largest absolute Gasteiger partial charge is 0.388 e. The minimum absolute atomic E-state index is 0.169. The molecule has 1 atom stereocenters. The fourth-order valence-corrected chi connectivity index (χ4v) is 2.60. The number of aliphatic hydroxyl groups is 1. The van der Waals surface area contributed by atoms with Crippen molar-refractivity contribution in [3.05, 3.63) is 83.4 Å². The second-order valence-electron chi connectivity index (χ2n) is 5.07. The first-order chi connectivity index (χ1) is 10.1. The van der Waals surface area contributed by atoms with E-state index in [1.54, 1.807) is 0 Å². The van der Waals surface area contributed by atoms with Gasteiger partial charge in [-0.1, -0.05) is 42.5 Å². The molecule has 3 heteroatoms. The Morgan fingerprint density at radius 2 is 1.52 bits per heavy atom. The summed E-state index contributed by atoms with van der Waals surface area (Å²) in [6.07, 6.45) is -0.639. The summed E-state index contributed by atoms with van der Waals surface area (Å²) in [7, 11) is 0. The summed E-state index contributed by atoms with van der Waals surface area (Å²) in [6, 6.07) is 16.7. The van der Waals surface area contributed by atoms with Crippen LogP contribution in [0, 0.1) is 11.6 Å². The second-order valence-corrected chi connectivity index (χ2v) is 5.07. The Morgan fingerprint density at radius 1 is 0.857 bits per heavy atom. The zero-order chi connectivity index (χ0) is 14.8. The Kier molecular flexibility index (Phi) is 3.67. The van der Waals surface area contributed by atoms with Gasteiger partial charge in [0.25, 0.3) is 0 Å². The van der Waals surface area contributed by atoms with Crippen LogP contribution in [-0.4, -0.2) is 5.11 Å². The second kappa shape index (κ2) is 5.62. The molecule has 0 aliphatic heterocycles. The summed E-state index contributed by atoms with van der Waals surface area (Å²) in [5.41, 5.74) is 1.20. The molecule has 1 N–H and O–H groups in total. The molecular formula is C18H14F2O.